The van der Waals surface area contributed by atoms with E-state index in [1.165, 1.54) is 0 Å². The van der Waals surface area contributed by atoms with Crippen molar-refractivity contribution in [3.63, 3.8) is 0 Å². The molecule has 1 aromatic carbocycles. The number of carbonyl (C=O) groups is 3. The van der Waals surface area contributed by atoms with Gasteiger partial charge in [-0.2, -0.15) is 0 Å². The normalized spacial score (nSPS) is 16.0. The van der Waals surface area contributed by atoms with Crippen LogP contribution in [-0.2, 0) is 14.3 Å². The van der Waals surface area contributed by atoms with Crippen LogP contribution >= 0.6 is 0 Å². The standard InChI is InChI=1S/C29H45N3O4/c1-9-12-20(5)30-26(33)25(22-14-11-13-21(10-2)18-22)32(23-15-16-23)27(34)24(17-19(3)4)31-28(35)36-29(6,7)8/h10-11,13-14,18-20,23-25H,2,9,12,15-17H2,1,3-8H3,(H,30,33)(H,31,35). The predicted octanol–water partition coefficient (Wildman–Crippen LogP) is 5.61. The van der Waals surface area contributed by atoms with Crippen LogP contribution in [-0.4, -0.2) is 46.5 Å². The molecule has 7 nitrogen and oxygen atoms in total. The second-order valence-corrected chi connectivity index (χ2v) is 11.3. The molecule has 3 amide bonds. The number of hydrogen-bond acceptors (Lipinski definition) is 4. The van der Waals surface area contributed by atoms with Crippen molar-refractivity contribution >= 4 is 24.0 Å². The van der Waals surface area contributed by atoms with E-state index in [1.807, 2.05) is 45.0 Å². The number of alkyl carbamates (subject to hydrolysis) is 1. The predicted molar refractivity (Wildman–Crippen MR) is 144 cm³/mol. The minimum Gasteiger partial charge on any atom is -0.444 e. The monoisotopic (exact) mass is 499 g/mol. The lowest BCUT2D eigenvalue weighted by Crippen LogP contribution is -2.54. The van der Waals surface area contributed by atoms with E-state index in [0.29, 0.717) is 6.42 Å². The van der Waals surface area contributed by atoms with E-state index < -0.39 is 23.8 Å². The van der Waals surface area contributed by atoms with E-state index in [1.54, 1.807) is 31.7 Å². The molecule has 0 aromatic heterocycles. The third-order valence-electron chi connectivity index (χ3n) is 5.99. The molecule has 1 fully saturated rings. The Morgan fingerprint density at radius 2 is 1.83 bits per heavy atom. The van der Waals surface area contributed by atoms with Gasteiger partial charge in [0.15, 0.2) is 0 Å². The average Bonchev–Trinajstić information content (AvgIpc) is 3.60. The Hall–Kier alpha value is -2.83. The number of carbonyl (C=O) groups excluding carboxylic acids is 3. The van der Waals surface area contributed by atoms with Gasteiger partial charge in [0.1, 0.15) is 17.7 Å². The lowest BCUT2D eigenvalue weighted by molar-refractivity contribution is -0.143. The number of hydrogen-bond donors (Lipinski definition) is 2. The maximum Gasteiger partial charge on any atom is 0.408 e. The Kier molecular flexibility index (Phi) is 10.6. The second kappa shape index (κ2) is 12.9. The van der Waals surface area contributed by atoms with Crippen molar-refractivity contribution in [2.45, 2.75) is 110 Å². The van der Waals surface area contributed by atoms with E-state index >= 15 is 0 Å². The first kappa shape index (κ1) is 29.4. The molecule has 1 aliphatic carbocycles. The Morgan fingerprint density at radius 1 is 1.17 bits per heavy atom. The van der Waals surface area contributed by atoms with Crippen LogP contribution in [0.4, 0.5) is 4.79 Å². The minimum atomic E-state index is -0.806. The Bertz CT molecular complexity index is 917. The van der Waals surface area contributed by atoms with Crippen molar-refractivity contribution in [3.8, 4) is 0 Å². The number of nitrogens with zero attached hydrogens (tertiary/aromatic N) is 1. The van der Waals surface area contributed by atoms with Gasteiger partial charge in [0.2, 0.25) is 11.8 Å². The van der Waals surface area contributed by atoms with Gasteiger partial charge in [0, 0.05) is 12.1 Å². The Balaban J connectivity index is 2.47. The first-order valence-corrected chi connectivity index (χ1v) is 13.2. The first-order chi connectivity index (χ1) is 16.9. The van der Waals surface area contributed by atoms with Gasteiger partial charge in [0.25, 0.3) is 0 Å². The van der Waals surface area contributed by atoms with Gasteiger partial charge in [-0.05, 0) is 76.5 Å². The van der Waals surface area contributed by atoms with Crippen LogP contribution in [0.5, 0.6) is 0 Å². The van der Waals surface area contributed by atoms with E-state index in [4.69, 9.17) is 4.74 Å². The van der Waals surface area contributed by atoms with Crippen molar-refractivity contribution < 1.29 is 19.1 Å². The van der Waals surface area contributed by atoms with Gasteiger partial charge < -0.3 is 20.3 Å². The highest BCUT2D eigenvalue weighted by Crippen LogP contribution is 2.36. The fourth-order valence-corrected chi connectivity index (χ4v) is 4.31. The summed E-state index contributed by atoms with van der Waals surface area (Å²) in [5, 5.41) is 5.91. The third-order valence-corrected chi connectivity index (χ3v) is 5.99. The van der Waals surface area contributed by atoms with Crippen molar-refractivity contribution in [2.75, 3.05) is 0 Å². The Morgan fingerprint density at radius 3 is 2.36 bits per heavy atom. The number of ether oxygens (including phenoxy) is 1. The topological polar surface area (TPSA) is 87.7 Å². The minimum absolute atomic E-state index is 0.0184. The van der Waals surface area contributed by atoms with Crippen LogP contribution in [0.2, 0.25) is 0 Å². The molecule has 1 aromatic rings. The molecule has 3 atom stereocenters. The quantitative estimate of drug-likeness (QED) is 0.391. The van der Waals surface area contributed by atoms with Crippen LogP contribution in [0.25, 0.3) is 6.08 Å². The molecule has 2 N–H and O–H groups in total. The number of amides is 3. The maximum absolute atomic E-state index is 14.1. The molecular formula is C29H45N3O4. The SMILES string of the molecule is C=Cc1cccc(C(C(=O)NC(C)CCC)N(C(=O)C(CC(C)C)NC(=O)OC(C)(C)C)C2CC2)c1. The summed E-state index contributed by atoms with van der Waals surface area (Å²) in [6.07, 6.45) is 4.97. The number of benzene rings is 1. The van der Waals surface area contributed by atoms with Gasteiger partial charge in [-0.1, -0.05) is 58.0 Å². The van der Waals surface area contributed by atoms with Gasteiger partial charge in [0.05, 0.1) is 0 Å². The summed E-state index contributed by atoms with van der Waals surface area (Å²) in [6.45, 7) is 17.3. The largest absolute Gasteiger partial charge is 0.444 e. The average molecular weight is 500 g/mol. The molecule has 0 heterocycles. The zero-order valence-electron chi connectivity index (χ0n) is 23.1. The molecule has 36 heavy (non-hydrogen) atoms. The van der Waals surface area contributed by atoms with E-state index in [2.05, 4.69) is 24.1 Å². The second-order valence-electron chi connectivity index (χ2n) is 11.3. The highest BCUT2D eigenvalue weighted by atomic mass is 16.6. The molecule has 3 unspecified atom stereocenters. The fourth-order valence-electron chi connectivity index (χ4n) is 4.31. The summed E-state index contributed by atoms with van der Waals surface area (Å²) in [5.41, 5.74) is 0.921. The van der Waals surface area contributed by atoms with Gasteiger partial charge in [-0.3, -0.25) is 9.59 Å². The van der Waals surface area contributed by atoms with E-state index in [9.17, 15) is 14.4 Å². The molecule has 7 heteroatoms. The van der Waals surface area contributed by atoms with E-state index in [-0.39, 0.29) is 29.8 Å². The van der Waals surface area contributed by atoms with Crippen LogP contribution in [0, 0.1) is 5.92 Å². The summed E-state index contributed by atoms with van der Waals surface area (Å²) in [4.78, 5) is 42.2. The Labute approximate surface area is 217 Å². The summed E-state index contributed by atoms with van der Waals surface area (Å²) < 4.78 is 5.45. The molecule has 0 radical (unpaired) electrons. The first-order valence-electron chi connectivity index (χ1n) is 13.2. The number of rotatable bonds is 12. The lowest BCUT2D eigenvalue weighted by atomic mass is 9.97. The van der Waals surface area contributed by atoms with Crippen molar-refractivity contribution in [2.24, 2.45) is 5.92 Å². The molecule has 200 valence electrons. The fraction of sp³-hybridized carbons (Fsp3) is 0.621. The summed E-state index contributed by atoms with van der Waals surface area (Å²) in [5.74, 6) is -0.321. The molecule has 1 saturated carbocycles. The van der Waals surface area contributed by atoms with Crippen LogP contribution in [0.15, 0.2) is 30.8 Å². The van der Waals surface area contributed by atoms with Crippen LogP contribution in [0.1, 0.15) is 97.7 Å². The van der Waals surface area contributed by atoms with Crippen molar-refractivity contribution in [3.05, 3.63) is 42.0 Å². The van der Waals surface area contributed by atoms with Gasteiger partial charge in [-0.25, -0.2) is 4.79 Å². The van der Waals surface area contributed by atoms with Gasteiger partial charge >= 0.3 is 6.09 Å². The van der Waals surface area contributed by atoms with Crippen LogP contribution in [0.3, 0.4) is 0 Å². The van der Waals surface area contributed by atoms with Gasteiger partial charge in [-0.15, -0.1) is 0 Å². The molecule has 0 saturated heterocycles. The number of nitrogens with one attached hydrogen (secondary N) is 2. The van der Waals surface area contributed by atoms with E-state index in [0.717, 1.165) is 36.8 Å². The molecule has 0 spiro atoms. The highest BCUT2D eigenvalue weighted by Gasteiger charge is 2.44. The maximum atomic E-state index is 14.1. The molecule has 2 rings (SSSR count). The smallest absolute Gasteiger partial charge is 0.408 e. The lowest BCUT2D eigenvalue weighted by Gasteiger charge is -2.35. The molecular weight excluding hydrogens is 454 g/mol. The van der Waals surface area contributed by atoms with Crippen molar-refractivity contribution in [1.82, 2.24) is 15.5 Å². The zero-order valence-corrected chi connectivity index (χ0v) is 23.1. The summed E-state index contributed by atoms with van der Waals surface area (Å²) in [6, 6.07) is 5.90. The molecule has 0 bridgehead atoms. The highest BCUT2D eigenvalue weighted by molar-refractivity contribution is 5.92. The summed E-state index contributed by atoms with van der Waals surface area (Å²) >= 11 is 0. The zero-order chi connectivity index (χ0) is 27.0. The molecule has 0 aliphatic heterocycles. The van der Waals surface area contributed by atoms with Crippen LogP contribution < -0.4 is 10.6 Å². The van der Waals surface area contributed by atoms with Crippen molar-refractivity contribution in [1.29, 1.82) is 0 Å². The summed E-state index contributed by atoms with van der Waals surface area (Å²) in [7, 11) is 0. The third kappa shape index (κ3) is 8.99. The molecule has 1 aliphatic rings.